The van der Waals surface area contributed by atoms with Gasteiger partial charge >= 0.3 is 5.97 Å². The molecule has 0 radical (unpaired) electrons. The number of carboxylic acid groups (broad SMARTS) is 1. The molecule has 0 saturated carbocycles. The molecule has 3 N–H and O–H groups in total. The van der Waals surface area contributed by atoms with Gasteiger partial charge in [-0.25, -0.2) is 4.79 Å². The van der Waals surface area contributed by atoms with Crippen molar-refractivity contribution in [2.45, 2.75) is 6.92 Å². The highest BCUT2D eigenvalue weighted by molar-refractivity contribution is 6.30. The summed E-state index contributed by atoms with van der Waals surface area (Å²) in [6, 6.07) is 6.64. The molecule has 110 valence electrons. The highest BCUT2D eigenvalue weighted by Crippen LogP contribution is 2.20. The second kappa shape index (κ2) is 6.32. The van der Waals surface area contributed by atoms with Gasteiger partial charge in [-0.2, -0.15) is 0 Å². The molecule has 0 aliphatic heterocycles. The van der Waals surface area contributed by atoms with E-state index >= 15 is 0 Å². The predicted molar refractivity (Wildman–Crippen MR) is 78.1 cm³/mol. The molecule has 0 aliphatic carbocycles. The lowest BCUT2D eigenvalue weighted by Gasteiger charge is -2.07. The Morgan fingerprint density at radius 1 is 1.43 bits per heavy atom. The highest BCUT2D eigenvalue weighted by atomic mass is 35.5. The molecule has 2 rings (SSSR count). The monoisotopic (exact) mass is 308 g/mol. The first-order valence-corrected chi connectivity index (χ1v) is 6.44. The lowest BCUT2D eigenvalue weighted by atomic mass is 10.2. The summed E-state index contributed by atoms with van der Waals surface area (Å²) in [5, 5.41) is 12.1. The van der Waals surface area contributed by atoms with Crippen LogP contribution in [0.25, 0.3) is 0 Å². The molecule has 0 atom stereocenters. The van der Waals surface area contributed by atoms with Crippen molar-refractivity contribution in [2.24, 2.45) is 0 Å². The van der Waals surface area contributed by atoms with Crippen LogP contribution >= 0.6 is 11.6 Å². The number of hydrogen-bond donors (Lipinski definition) is 3. The molecule has 1 aromatic heterocycles. The van der Waals surface area contributed by atoms with E-state index in [2.05, 4.69) is 10.3 Å². The SMILES string of the molecule is Cc1[nH]cc(NC(=O)COc2cccc(Cl)c2)c1C(=O)O. The van der Waals surface area contributed by atoms with E-state index in [4.69, 9.17) is 21.4 Å². The van der Waals surface area contributed by atoms with Crippen LogP contribution < -0.4 is 10.1 Å². The lowest BCUT2D eigenvalue weighted by Crippen LogP contribution is -2.21. The molecule has 1 aromatic carbocycles. The Labute approximate surface area is 125 Å². The second-order valence-corrected chi connectivity index (χ2v) is 4.74. The van der Waals surface area contributed by atoms with E-state index in [0.29, 0.717) is 16.5 Å². The fourth-order valence-electron chi connectivity index (χ4n) is 1.79. The van der Waals surface area contributed by atoms with Gasteiger partial charge in [-0.1, -0.05) is 17.7 Å². The summed E-state index contributed by atoms with van der Waals surface area (Å²) < 4.78 is 5.27. The number of H-pyrrole nitrogens is 1. The fourth-order valence-corrected chi connectivity index (χ4v) is 1.97. The number of carbonyl (C=O) groups excluding carboxylic acids is 1. The molecule has 7 heteroatoms. The van der Waals surface area contributed by atoms with E-state index in [1.807, 2.05) is 0 Å². The van der Waals surface area contributed by atoms with Crippen molar-refractivity contribution >= 4 is 29.2 Å². The normalized spacial score (nSPS) is 10.2. The zero-order valence-electron chi connectivity index (χ0n) is 11.1. The zero-order chi connectivity index (χ0) is 15.4. The standard InChI is InChI=1S/C14H13ClN2O4/c1-8-13(14(19)20)11(6-16-8)17-12(18)7-21-10-4-2-3-9(15)5-10/h2-6,16H,7H2,1H3,(H,17,18)(H,19,20). The number of rotatable bonds is 5. The van der Waals surface area contributed by atoms with Crippen molar-refractivity contribution in [3.8, 4) is 5.75 Å². The zero-order valence-corrected chi connectivity index (χ0v) is 11.9. The third kappa shape index (κ3) is 3.76. The summed E-state index contributed by atoms with van der Waals surface area (Å²) in [5.41, 5.74) is 0.708. The van der Waals surface area contributed by atoms with E-state index < -0.39 is 11.9 Å². The molecule has 0 fully saturated rings. The van der Waals surface area contributed by atoms with Gasteiger partial charge in [0.15, 0.2) is 6.61 Å². The van der Waals surface area contributed by atoms with Gasteiger partial charge in [0.1, 0.15) is 11.3 Å². The number of carboxylic acids is 1. The molecule has 2 aromatic rings. The number of aromatic carboxylic acids is 1. The van der Waals surface area contributed by atoms with Gasteiger partial charge in [-0.05, 0) is 25.1 Å². The summed E-state index contributed by atoms with van der Waals surface area (Å²) in [7, 11) is 0. The molecule has 6 nitrogen and oxygen atoms in total. The molecular formula is C14H13ClN2O4. The van der Waals surface area contributed by atoms with Gasteiger partial charge in [0.05, 0.1) is 5.69 Å². The third-order valence-electron chi connectivity index (χ3n) is 2.73. The number of benzene rings is 1. The topological polar surface area (TPSA) is 91.4 Å². The Kier molecular flexibility index (Phi) is 4.49. The molecule has 0 aliphatic rings. The first kappa shape index (κ1) is 14.9. The van der Waals surface area contributed by atoms with Crippen molar-refractivity contribution in [2.75, 3.05) is 11.9 Å². The average molecular weight is 309 g/mol. The van der Waals surface area contributed by atoms with Crippen LogP contribution in [0.5, 0.6) is 5.75 Å². The molecule has 21 heavy (non-hydrogen) atoms. The Morgan fingerprint density at radius 2 is 2.19 bits per heavy atom. The average Bonchev–Trinajstić information content (AvgIpc) is 2.77. The summed E-state index contributed by atoms with van der Waals surface area (Å²) in [4.78, 5) is 25.6. The number of ether oxygens (including phenoxy) is 1. The van der Waals surface area contributed by atoms with Crippen molar-refractivity contribution in [3.63, 3.8) is 0 Å². The van der Waals surface area contributed by atoms with Gasteiger partial charge in [0.25, 0.3) is 5.91 Å². The number of carbonyl (C=O) groups is 2. The van der Waals surface area contributed by atoms with Gasteiger partial charge < -0.3 is 20.1 Å². The maximum absolute atomic E-state index is 11.8. The van der Waals surface area contributed by atoms with Crippen LogP contribution in [0.15, 0.2) is 30.5 Å². The quantitative estimate of drug-likeness (QED) is 0.792. The maximum atomic E-state index is 11.8. The third-order valence-corrected chi connectivity index (χ3v) is 2.97. The Hall–Kier alpha value is -2.47. The smallest absolute Gasteiger partial charge is 0.339 e. The summed E-state index contributed by atoms with van der Waals surface area (Å²) >= 11 is 5.80. The minimum absolute atomic E-state index is 0.0334. The van der Waals surface area contributed by atoms with Crippen LogP contribution in [0.2, 0.25) is 5.02 Å². The van der Waals surface area contributed by atoms with E-state index in [-0.39, 0.29) is 17.9 Å². The number of nitrogens with one attached hydrogen (secondary N) is 2. The maximum Gasteiger partial charge on any atom is 0.339 e. The summed E-state index contributed by atoms with van der Waals surface area (Å²) in [6.45, 7) is 1.37. The molecule has 0 spiro atoms. The Bertz CT molecular complexity index is 681. The Morgan fingerprint density at radius 3 is 2.86 bits per heavy atom. The Balaban J connectivity index is 1.98. The highest BCUT2D eigenvalue weighted by Gasteiger charge is 2.17. The van der Waals surface area contributed by atoms with Crippen LogP contribution in [-0.4, -0.2) is 28.6 Å². The van der Waals surface area contributed by atoms with Crippen molar-refractivity contribution in [1.29, 1.82) is 0 Å². The second-order valence-electron chi connectivity index (χ2n) is 4.30. The van der Waals surface area contributed by atoms with E-state index in [0.717, 1.165) is 0 Å². The van der Waals surface area contributed by atoms with Crippen LogP contribution in [0.1, 0.15) is 16.1 Å². The van der Waals surface area contributed by atoms with Crippen LogP contribution in [0.3, 0.4) is 0 Å². The molecule has 0 unspecified atom stereocenters. The van der Waals surface area contributed by atoms with Gasteiger partial charge in [0.2, 0.25) is 0 Å². The predicted octanol–water partition coefficient (Wildman–Crippen LogP) is 2.69. The van der Waals surface area contributed by atoms with Crippen LogP contribution in [-0.2, 0) is 4.79 Å². The van der Waals surface area contributed by atoms with Crippen LogP contribution in [0, 0.1) is 6.92 Å². The molecule has 0 saturated heterocycles. The number of hydrogen-bond acceptors (Lipinski definition) is 3. The van der Waals surface area contributed by atoms with E-state index in [9.17, 15) is 9.59 Å². The molecule has 0 bridgehead atoms. The lowest BCUT2D eigenvalue weighted by molar-refractivity contribution is -0.118. The largest absolute Gasteiger partial charge is 0.484 e. The first-order valence-electron chi connectivity index (χ1n) is 6.07. The van der Waals surface area contributed by atoms with Crippen molar-refractivity contribution in [3.05, 3.63) is 46.7 Å². The summed E-state index contributed by atoms with van der Waals surface area (Å²) in [5.74, 6) is -1.11. The van der Waals surface area contributed by atoms with Crippen molar-refractivity contribution < 1.29 is 19.4 Å². The van der Waals surface area contributed by atoms with E-state index in [1.54, 1.807) is 31.2 Å². The summed E-state index contributed by atoms with van der Waals surface area (Å²) in [6.07, 6.45) is 1.43. The molecule has 1 heterocycles. The number of aryl methyl sites for hydroxylation is 1. The first-order chi connectivity index (χ1) is 9.97. The van der Waals surface area contributed by atoms with E-state index in [1.165, 1.54) is 6.20 Å². The number of amides is 1. The fraction of sp³-hybridized carbons (Fsp3) is 0.143. The minimum atomic E-state index is -1.11. The van der Waals surface area contributed by atoms with Gasteiger partial charge in [-0.3, -0.25) is 4.79 Å². The number of anilines is 1. The molecular weight excluding hydrogens is 296 g/mol. The number of aromatic nitrogens is 1. The van der Waals surface area contributed by atoms with Gasteiger partial charge in [0, 0.05) is 16.9 Å². The minimum Gasteiger partial charge on any atom is -0.484 e. The van der Waals surface area contributed by atoms with Crippen LogP contribution in [0.4, 0.5) is 5.69 Å². The number of halogens is 1. The number of aromatic amines is 1. The molecule has 1 amide bonds. The van der Waals surface area contributed by atoms with Crippen molar-refractivity contribution in [1.82, 2.24) is 4.98 Å². The van der Waals surface area contributed by atoms with Gasteiger partial charge in [-0.15, -0.1) is 0 Å².